The molecule has 0 bridgehead atoms. The SMILES string of the molecule is CC[C@]1(CO)O[C@@H](n2ccc(N)nc2=O)C(F)(F)[C@@H]1O. The van der Waals surface area contributed by atoms with E-state index in [1.165, 1.54) is 6.92 Å². The minimum Gasteiger partial charge on any atom is -0.393 e. The van der Waals surface area contributed by atoms with Crippen molar-refractivity contribution in [3.05, 3.63) is 22.7 Å². The molecule has 4 N–H and O–H groups in total. The van der Waals surface area contributed by atoms with E-state index in [1.807, 2.05) is 0 Å². The van der Waals surface area contributed by atoms with E-state index >= 15 is 0 Å². The lowest BCUT2D eigenvalue weighted by atomic mass is 9.93. The first kappa shape index (κ1) is 14.8. The molecule has 1 saturated heterocycles. The maximum Gasteiger partial charge on any atom is 0.351 e. The molecule has 0 amide bonds. The minimum atomic E-state index is -3.75. The highest BCUT2D eigenvalue weighted by atomic mass is 19.3. The summed E-state index contributed by atoms with van der Waals surface area (Å²) in [5, 5.41) is 19.0. The van der Waals surface area contributed by atoms with Crippen LogP contribution in [0.5, 0.6) is 0 Å². The quantitative estimate of drug-likeness (QED) is 0.692. The van der Waals surface area contributed by atoms with E-state index in [-0.39, 0.29) is 12.2 Å². The predicted octanol–water partition coefficient (Wildman–Crippen LogP) is -0.508. The monoisotopic (exact) mass is 291 g/mol. The summed E-state index contributed by atoms with van der Waals surface area (Å²) in [7, 11) is 0. The fraction of sp³-hybridized carbons (Fsp3) is 0.636. The van der Waals surface area contributed by atoms with Gasteiger partial charge >= 0.3 is 11.6 Å². The largest absolute Gasteiger partial charge is 0.393 e. The molecule has 1 aliphatic heterocycles. The number of aliphatic hydroxyl groups excluding tert-OH is 2. The lowest BCUT2D eigenvalue weighted by molar-refractivity contribution is -0.145. The number of nitrogens with zero attached hydrogens (tertiary/aromatic N) is 2. The Morgan fingerprint density at radius 3 is 2.70 bits per heavy atom. The van der Waals surface area contributed by atoms with Gasteiger partial charge in [-0.3, -0.25) is 4.57 Å². The van der Waals surface area contributed by atoms with Gasteiger partial charge in [-0.1, -0.05) is 6.92 Å². The first-order valence-corrected chi connectivity index (χ1v) is 5.97. The van der Waals surface area contributed by atoms with Gasteiger partial charge < -0.3 is 20.7 Å². The molecule has 112 valence electrons. The summed E-state index contributed by atoms with van der Waals surface area (Å²) in [6.45, 7) is 0.690. The summed E-state index contributed by atoms with van der Waals surface area (Å²) >= 11 is 0. The van der Waals surface area contributed by atoms with E-state index in [9.17, 15) is 23.8 Å². The highest BCUT2D eigenvalue weighted by Gasteiger charge is 2.66. The van der Waals surface area contributed by atoms with E-state index in [0.29, 0.717) is 4.57 Å². The fourth-order valence-electron chi connectivity index (χ4n) is 2.21. The number of aliphatic hydroxyl groups is 2. The van der Waals surface area contributed by atoms with Crippen LogP contribution in [0.2, 0.25) is 0 Å². The van der Waals surface area contributed by atoms with Gasteiger partial charge in [0, 0.05) is 6.20 Å². The number of nitrogens with two attached hydrogens (primary N) is 1. The Hall–Kier alpha value is -1.58. The van der Waals surface area contributed by atoms with Crippen molar-refractivity contribution in [2.75, 3.05) is 12.3 Å². The van der Waals surface area contributed by atoms with Crippen LogP contribution in [-0.2, 0) is 4.74 Å². The highest BCUT2D eigenvalue weighted by molar-refractivity contribution is 5.24. The van der Waals surface area contributed by atoms with Crippen molar-refractivity contribution < 1.29 is 23.7 Å². The Bertz CT molecular complexity index is 559. The van der Waals surface area contributed by atoms with Crippen molar-refractivity contribution in [3.8, 4) is 0 Å². The van der Waals surface area contributed by atoms with E-state index < -0.39 is 36.2 Å². The summed E-state index contributed by atoms with van der Waals surface area (Å²) in [6, 6.07) is 1.16. The Morgan fingerprint density at radius 1 is 1.60 bits per heavy atom. The van der Waals surface area contributed by atoms with Gasteiger partial charge in [0.1, 0.15) is 11.4 Å². The molecule has 7 nitrogen and oxygen atoms in total. The van der Waals surface area contributed by atoms with Crippen LogP contribution >= 0.6 is 0 Å². The Kier molecular flexibility index (Phi) is 3.53. The van der Waals surface area contributed by atoms with E-state index in [2.05, 4.69) is 4.98 Å². The van der Waals surface area contributed by atoms with Crippen molar-refractivity contribution in [3.63, 3.8) is 0 Å². The lowest BCUT2D eigenvalue weighted by Crippen LogP contribution is -2.48. The van der Waals surface area contributed by atoms with Crippen LogP contribution in [0.4, 0.5) is 14.6 Å². The van der Waals surface area contributed by atoms with Gasteiger partial charge in [0.2, 0.25) is 6.23 Å². The zero-order chi connectivity index (χ0) is 15.1. The molecule has 0 aliphatic carbocycles. The molecule has 9 heteroatoms. The highest BCUT2D eigenvalue weighted by Crippen LogP contribution is 2.48. The van der Waals surface area contributed by atoms with Crippen LogP contribution < -0.4 is 11.4 Å². The summed E-state index contributed by atoms with van der Waals surface area (Å²) in [4.78, 5) is 15.0. The Balaban J connectivity index is 2.50. The third kappa shape index (κ3) is 1.98. The number of rotatable bonds is 3. The number of hydrogen-bond donors (Lipinski definition) is 3. The number of nitrogen functional groups attached to an aromatic ring is 1. The van der Waals surface area contributed by atoms with Crippen molar-refractivity contribution in [2.24, 2.45) is 0 Å². The van der Waals surface area contributed by atoms with Crippen LogP contribution in [0.1, 0.15) is 19.6 Å². The number of ether oxygens (including phenoxy) is 1. The number of halogens is 2. The molecule has 2 heterocycles. The maximum absolute atomic E-state index is 14.1. The molecule has 0 saturated carbocycles. The standard InChI is InChI=1S/C11H15F2N3O4/c1-2-10(5-17)7(18)11(12,13)8(20-10)16-4-3-6(14)15-9(16)19/h3-4,7-8,17-18H,2,5H2,1H3,(H2,14,15,19)/t7-,8-,10-/m1/s1. The third-order valence-electron chi connectivity index (χ3n) is 3.51. The lowest BCUT2D eigenvalue weighted by Gasteiger charge is -2.27. The molecule has 1 aromatic rings. The smallest absolute Gasteiger partial charge is 0.351 e. The van der Waals surface area contributed by atoms with Crippen molar-refractivity contribution >= 4 is 5.82 Å². The summed E-state index contributed by atoms with van der Waals surface area (Å²) < 4.78 is 33.9. The topological polar surface area (TPSA) is 111 Å². The van der Waals surface area contributed by atoms with Crippen molar-refractivity contribution in [1.29, 1.82) is 0 Å². The average molecular weight is 291 g/mol. The summed E-state index contributed by atoms with van der Waals surface area (Å²) in [5.74, 6) is -3.86. The van der Waals surface area contributed by atoms with Gasteiger partial charge in [-0.05, 0) is 12.5 Å². The minimum absolute atomic E-state index is 0.0477. The van der Waals surface area contributed by atoms with Crippen LogP contribution in [0.3, 0.4) is 0 Å². The van der Waals surface area contributed by atoms with Crippen LogP contribution in [-0.4, -0.2) is 44.0 Å². The molecule has 0 unspecified atom stereocenters. The second-order valence-electron chi connectivity index (χ2n) is 4.67. The van der Waals surface area contributed by atoms with Gasteiger partial charge in [0.15, 0.2) is 6.10 Å². The third-order valence-corrected chi connectivity index (χ3v) is 3.51. The first-order chi connectivity index (χ1) is 9.28. The van der Waals surface area contributed by atoms with Gasteiger partial charge in [-0.15, -0.1) is 0 Å². The maximum atomic E-state index is 14.1. The van der Waals surface area contributed by atoms with Crippen LogP contribution in [0.15, 0.2) is 17.1 Å². The molecule has 1 aliphatic rings. The number of aromatic nitrogens is 2. The van der Waals surface area contributed by atoms with E-state index in [4.69, 9.17) is 10.5 Å². The Labute approximate surface area is 112 Å². The van der Waals surface area contributed by atoms with E-state index in [0.717, 1.165) is 12.3 Å². The molecule has 1 aromatic heterocycles. The molecule has 1 fully saturated rings. The van der Waals surface area contributed by atoms with Crippen LogP contribution in [0, 0.1) is 0 Å². The first-order valence-electron chi connectivity index (χ1n) is 5.97. The van der Waals surface area contributed by atoms with Crippen molar-refractivity contribution in [2.45, 2.75) is 37.2 Å². The number of anilines is 1. The molecule has 3 atom stereocenters. The second kappa shape index (κ2) is 4.76. The summed E-state index contributed by atoms with van der Waals surface area (Å²) in [6.07, 6.45) is -3.32. The normalized spacial score (nSPS) is 32.5. The van der Waals surface area contributed by atoms with Crippen LogP contribution in [0.25, 0.3) is 0 Å². The van der Waals surface area contributed by atoms with Gasteiger partial charge in [0.05, 0.1) is 6.61 Å². The molecular weight excluding hydrogens is 276 g/mol. The van der Waals surface area contributed by atoms with Gasteiger partial charge in [0.25, 0.3) is 0 Å². The molecule has 2 rings (SSSR count). The van der Waals surface area contributed by atoms with E-state index in [1.54, 1.807) is 0 Å². The Morgan fingerprint density at radius 2 is 2.25 bits per heavy atom. The predicted molar refractivity (Wildman–Crippen MR) is 64.1 cm³/mol. The molecule has 0 aromatic carbocycles. The van der Waals surface area contributed by atoms with Gasteiger partial charge in [-0.25, -0.2) is 4.79 Å². The van der Waals surface area contributed by atoms with Gasteiger partial charge in [-0.2, -0.15) is 13.8 Å². The zero-order valence-electron chi connectivity index (χ0n) is 10.7. The molecule has 20 heavy (non-hydrogen) atoms. The fourth-order valence-corrected chi connectivity index (χ4v) is 2.21. The number of alkyl halides is 2. The molecule has 0 spiro atoms. The van der Waals surface area contributed by atoms with Crippen molar-refractivity contribution in [1.82, 2.24) is 9.55 Å². The average Bonchev–Trinajstić information content (AvgIpc) is 2.60. The molecule has 0 radical (unpaired) electrons. The second-order valence-corrected chi connectivity index (χ2v) is 4.67. The molecular formula is C11H15F2N3O4. The zero-order valence-corrected chi connectivity index (χ0v) is 10.7. The summed E-state index contributed by atoms with van der Waals surface area (Å²) in [5.41, 5.74) is 2.44. The number of hydrogen-bond acceptors (Lipinski definition) is 6.